The van der Waals surface area contributed by atoms with Gasteiger partial charge in [0.2, 0.25) is 0 Å². The largest absolute Gasteiger partial charge is 0.497 e. The molecule has 0 bridgehead atoms. The van der Waals surface area contributed by atoms with E-state index in [0.717, 1.165) is 31.8 Å². The Hall–Kier alpha value is -2.32. The Morgan fingerprint density at radius 1 is 1.04 bits per heavy atom. The van der Waals surface area contributed by atoms with Gasteiger partial charge in [0.15, 0.2) is 0 Å². The Morgan fingerprint density at radius 3 is 2.65 bits per heavy atom. The highest BCUT2D eigenvalue weighted by molar-refractivity contribution is 5.52. The fourth-order valence-corrected chi connectivity index (χ4v) is 2.82. The molecular weight excluding hydrogens is 282 g/mol. The van der Waals surface area contributed by atoms with E-state index in [9.17, 15) is 0 Å². The minimum atomic E-state index is 0.932. The van der Waals surface area contributed by atoms with E-state index >= 15 is 0 Å². The van der Waals surface area contributed by atoms with Crippen LogP contribution >= 0.6 is 0 Å². The van der Waals surface area contributed by atoms with E-state index < -0.39 is 0 Å². The van der Waals surface area contributed by atoms with Gasteiger partial charge in [0, 0.05) is 19.6 Å². The fourth-order valence-electron chi connectivity index (χ4n) is 2.82. The monoisotopic (exact) mass is 305 g/mol. The van der Waals surface area contributed by atoms with Crippen LogP contribution in [0.3, 0.4) is 0 Å². The minimum Gasteiger partial charge on any atom is -0.497 e. The lowest BCUT2D eigenvalue weighted by Crippen LogP contribution is -2.28. The Morgan fingerprint density at radius 2 is 1.91 bits per heavy atom. The SMILES string of the molecule is COc1cccc(CN2CC=C(/C=C/c3ccccc3)CC2)c1. The molecule has 0 amide bonds. The summed E-state index contributed by atoms with van der Waals surface area (Å²) in [5, 5.41) is 0. The lowest BCUT2D eigenvalue weighted by Gasteiger charge is -2.25. The van der Waals surface area contributed by atoms with Crippen molar-refractivity contribution in [2.75, 3.05) is 20.2 Å². The van der Waals surface area contributed by atoms with Gasteiger partial charge < -0.3 is 4.74 Å². The van der Waals surface area contributed by atoms with Crippen LogP contribution in [0.25, 0.3) is 6.08 Å². The molecule has 0 unspecified atom stereocenters. The van der Waals surface area contributed by atoms with Gasteiger partial charge in [-0.2, -0.15) is 0 Å². The summed E-state index contributed by atoms with van der Waals surface area (Å²) in [6.45, 7) is 3.08. The van der Waals surface area contributed by atoms with E-state index in [2.05, 4.69) is 65.6 Å². The molecule has 2 aromatic rings. The molecule has 2 aromatic carbocycles. The topological polar surface area (TPSA) is 12.5 Å². The molecule has 0 fully saturated rings. The van der Waals surface area contributed by atoms with Gasteiger partial charge in [-0.15, -0.1) is 0 Å². The molecule has 3 rings (SSSR count). The smallest absolute Gasteiger partial charge is 0.119 e. The van der Waals surface area contributed by atoms with Crippen LogP contribution in [-0.4, -0.2) is 25.1 Å². The van der Waals surface area contributed by atoms with Crippen LogP contribution in [0.4, 0.5) is 0 Å². The summed E-state index contributed by atoms with van der Waals surface area (Å²) in [5.41, 5.74) is 3.99. The number of benzene rings is 2. The maximum atomic E-state index is 5.30. The van der Waals surface area contributed by atoms with Crippen molar-refractivity contribution >= 4 is 6.08 Å². The molecule has 0 N–H and O–H groups in total. The van der Waals surface area contributed by atoms with Crippen molar-refractivity contribution in [2.24, 2.45) is 0 Å². The summed E-state index contributed by atoms with van der Waals surface area (Å²) in [6, 6.07) is 18.8. The molecule has 2 nitrogen and oxygen atoms in total. The van der Waals surface area contributed by atoms with Crippen LogP contribution in [-0.2, 0) is 6.54 Å². The summed E-state index contributed by atoms with van der Waals surface area (Å²) < 4.78 is 5.30. The summed E-state index contributed by atoms with van der Waals surface area (Å²) in [7, 11) is 1.72. The van der Waals surface area contributed by atoms with Crippen molar-refractivity contribution in [1.29, 1.82) is 0 Å². The van der Waals surface area contributed by atoms with Gasteiger partial charge >= 0.3 is 0 Å². The molecule has 1 heterocycles. The van der Waals surface area contributed by atoms with Gasteiger partial charge in [-0.05, 0) is 35.3 Å². The lowest BCUT2D eigenvalue weighted by atomic mass is 10.1. The van der Waals surface area contributed by atoms with Gasteiger partial charge in [0.1, 0.15) is 5.75 Å². The first-order valence-corrected chi connectivity index (χ1v) is 8.11. The summed E-state index contributed by atoms with van der Waals surface area (Å²) in [6.07, 6.45) is 7.89. The summed E-state index contributed by atoms with van der Waals surface area (Å²) in [5.74, 6) is 0.932. The average Bonchev–Trinajstić information content (AvgIpc) is 2.62. The first kappa shape index (κ1) is 15.6. The molecule has 0 spiro atoms. The highest BCUT2D eigenvalue weighted by Crippen LogP contribution is 2.18. The molecule has 0 atom stereocenters. The fraction of sp³-hybridized carbons (Fsp3) is 0.238. The molecule has 23 heavy (non-hydrogen) atoms. The van der Waals surface area contributed by atoms with E-state index in [1.165, 1.54) is 16.7 Å². The van der Waals surface area contributed by atoms with E-state index in [0.29, 0.717) is 0 Å². The number of ether oxygens (including phenoxy) is 1. The predicted molar refractivity (Wildman–Crippen MR) is 96.4 cm³/mol. The number of rotatable bonds is 5. The zero-order valence-electron chi connectivity index (χ0n) is 13.6. The quantitative estimate of drug-likeness (QED) is 0.804. The van der Waals surface area contributed by atoms with Gasteiger partial charge in [0.05, 0.1) is 7.11 Å². The average molecular weight is 305 g/mol. The van der Waals surface area contributed by atoms with E-state index in [4.69, 9.17) is 4.74 Å². The number of allylic oxidation sites excluding steroid dienone is 1. The van der Waals surface area contributed by atoms with Crippen LogP contribution in [0.1, 0.15) is 17.5 Å². The van der Waals surface area contributed by atoms with Crippen LogP contribution in [0.5, 0.6) is 5.75 Å². The van der Waals surface area contributed by atoms with E-state index in [-0.39, 0.29) is 0 Å². The molecule has 1 aliphatic rings. The Kier molecular flexibility index (Phi) is 5.28. The number of nitrogens with zero attached hydrogens (tertiary/aromatic N) is 1. The third kappa shape index (κ3) is 4.57. The molecule has 118 valence electrons. The van der Waals surface area contributed by atoms with Crippen LogP contribution in [0, 0.1) is 0 Å². The van der Waals surface area contributed by atoms with Gasteiger partial charge in [-0.1, -0.05) is 60.7 Å². The Labute approximate surface area is 138 Å². The highest BCUT2D eigenvalue weighted by atomic mass is 16.5. The highest BCUT2D eigenvalue weighted by Gasteiger charge is 2.10. The lowest BCUT2D eigenvalue weighted by molar-refractivity contribution is 0.287. The van der Waals surface area contributed by atoms with Crippen molar-refractivity contribution in [3.05, 3.63) is 83.4 Å². The van der Waals surface area contributed by atoms with E-state index in [1.807, 2.05) is 12.1 Å². The molecule has 2 heteroatoms. The van der Waals surface area contributed by atoms with E-state index in [1.54, 1.807) is 7.11 Å². The maximum absolute atomic E-state index is 5.30. The Balaban J connectivity index is 1.56. The van der Waals surface area contributed by atoms with Crippen LogP contribution in [0.15, 0.2) is 72.3 Å². The van der Waals surface area contributed by atoms with Gasteiger partial charge in [-0.25, -0.2) is 0 Å². The van der Waals surface area contributed by atoms with Crippen molar-refractivity contribution in [3.63, 3.8) is 0 Å². The van der Waals surface area contributed by atoms with Crippen LogP contribution < -0.4 is 4.74 Å². The third-order valence-corrected chi connectivity index (χ3v) is 4.16. The summed E-state index contributed by atoms with van der Waals surface area (Å²) in [4.78, 5) is 2.47. The van der Waals surface area contributed by atoms with Gasteiger partial charge in [-0.3, -0.25) is 4.90 Å². The number of hydrogen-bond donors (Lipinski definition) is 0. The minimum absolute atomic E-state index is 0.932. The van der Waals surface area contributed by atoms with Crippen LogP contribution in [0.2, 0.25) is 0 Å². The van der Waals surface area contributed by atoms with Crippen molar-refractivity contribution < 1.29 is 4.74 Å². The maximum Gasteiger partial charge on any atom is 0.119 e. The van der Waals surface area contributed by atoms with Crippen molar-refractivity contribution in [3.8, 4) is 5.75 Å². The second-order valence-electron chi connectivity index (χ2n) is 5.86. The molecule has 0 radical (unpaired) electrons. The molecule has 0 saturated carbocycles. The number of methoxy groups -OCH3 is 1. The van der Waals surface area contributed by atoms with Gasteiger partial charge in [0.25, 0.3) is 0 Å². The van der Waals surface area contributed by atoms with Crippen molar-refractivity contribution in [2.45, 2.75) is 13.0 Å². The molecular formula is C21H23NO. The summed E-state index contributed by atoms with van der Waals surface area (Å²) >= 11 is 0. The zero-order chi connectivity index (χ0) is 15.9. The molecule has 0 aliphatic carbocycles. The molecule has 1 aliphatic heterocycles. The predicted octanol–water partition coefficient (Wildman–Crippen LogP) is 4.54. The molecule has 0 aromatic heterocycles. The van der Waals surface area contributed by atoms with Crippen molar-refractivity contribution in [1.82, 2.24) is 4.90 Å². The third-order valence-electron chi connectivity index (χ3n) is 4.16. The standard InChI is InChI=1S/C21H23NO/c1-23-21-9-5-8-20(16-21)17-22-14-12-19(13-15-22)11-10-18-6-3-2-4-7-18/h2-12,16H,13-15,17H2,1H3/b11-10+. The zero-order valence-corrected chi connectivity index (χ0v) is 13.6. The molecule has 0 saturated heterocycles. The first-order valence-electron chi connectivity index (χ1n) is 8.11. The number of hydrogen-bond acceptors (Lipinski definition) is 2. The Bertz CT molecular complexity index is 688. The second-order valence-corrected chi connectivity index (χ2v) is 5.86. The normalized spacial score (nSPS) is 15.6. The first-order chi connectivity index (χ1) is 11.3. The second kappa shape index (κ2) is 7.80.